The summed E-state index contributed by atoms with van der Waals surface area (Å²) in [6.07, 6.45) is 1.13. The van der Waals surface area contributed by atoms with Crippen LogP contribution in [0.5, 0.6) is 11.5 Å². The first kappa shape index (κ1) is 25.8. The summed E-state index contributed by atoms with van der Waals surface area (Å²) in [7, 11) is 1.60. The molecule has 0 fully saturated rings. The minimum absolute atomic E-state index is 0.0396. The summed E-state index contributed by atoms with van der Waals surface area (Å²) in [5.74, 6) is 0.266. The highest BCUT2D eigenvalue weighted by atomic mass is 35.5. The average Bonchev–Trinajstić information content (AvgIpc) is 2.81. The third-order valence-corrected chi connectivity index (χ3v) is 6.90. The smallest absolute Gasteiger partial charge is 0.336 e. The van der Waals surface area contributed by atoms with Gasteiger partial charge in [0.05, 0.1) is 24.3 Å². The molecule has 6 nitrogen and oxygen atoms in total. The van der Waals surface area contributed by atoms with E-state index >= 15 is 0 Å². The van der Waals surface area contributed by atoms with Gasteiger partial charge in [-0.2, -0.15) is 0 Å². The molecule has 0 spiro atoms. The van der Waals surface area contributed by atoms with Crippen molar-refractivity contribution in [3.63, 3.8) is 0 Å². The van der Waals surface area contributed by atoms with Crippen molar-refractivity contribution < 1.29 is 23.8 Å². The normalized spacial score (nSPS) is 18.9. The Morgan fingerprint density at radius 1 is 1.14 bits per heavy atom. The molecule has 1 N–H and O–H groups in total. The molecule has 0 bridgehead atoms. The van der Waals surface area contributed by atoms with Crippen LogP contribution in [0.1, 0.15) is 57.6 Å². The minimum atomic E-state index is -0.547. The number of benzene rings is 2. The number of dihydropyridines is 1. The summed E-state index contributed by atoms with van der Waals surface area (Å²) in [5, 5.41) is 3.87. The number of hydrogen-bond acceptors (Lipinski definition) is 6. The zero-order valence-corrected chi connectivity index (χ0v) is 22.1. The Balaban J connectivity index is 1.80. The van der Waals surface area contributed by atoms with Gasteiger partial charge in [0.1, 0.15) is 18.1 Å². The third-order valence-electron chi connectivity index (χ3n) is 6.59. The second kappa shape index (κ2) is 10.4. The molecule has 2 aromatic rings. The van der Waals surface area contributed by atoms with Gasteiger partial charge in [-0.3, -0.25) is 4.79 Å². The van der Waals surface area contributed by atoms with Crippen LogP contribution in [0.2, 0.25) is 5.02 Å². The number of para-hydroxylation sites is 1. The van der Waals surface area contributed by atoms with E-state index in [2.05, 4.69) is 19.2 Å². The lowest BCUT2D eigenvalue weighted by Crippen LogP contribution is -2.38. The van der Waals surface area contributed by atoms with Gasteiger partial charge in [0, 0.05) is 34.9 Å². The van der Waals surface area contributed by atoms with E-state index in [0.717, 1.165) is 23.2 Å². The van der Waals surface area contributed by atoms with E-state index in [1.165, 1.54) is 0 Å². The van der Waals surface area contributed by atoms with Gasteiger partial charge in [-0.15, -0.1) is 0 Å². The molecular weight excluding hydrogens is 478 g/mol. The Hall–Kier alpha value is -3.25. The fourth-order valence-corrected chi connectivity index (χ4v) is 5.25. The lowest BCUT2D eigenvalue weighted by molar-refractivity contribution is -0.138. The first-order valence-electron chi connectivity index (χ1n) is 12.1. The quantitative estimate of drug-likeness (QED) is 0.455. The molecule has 1 unspecified atom stereocenters. The number of carbonyl (C=O) groups excluding carboxylic acids is 2. The highest BCUT2D eigenvalue weighted by Gasteiger charge is 2.43. The maximum atomic E-state index is 13.5. The molecule has 2 aliphatic rings. The van der Waals surface area contributed by atoms with Gasteiger partial charge < -0.3 is 19.5 Å². The number of esters is 1. The van der Waals surface area contributed by atoms with Crippen molar-refractivity contribution in [2.24, 2.45) is 5.41 Å². The van der Waals surface area contributed by atoms with Gasteiger partial charge in [-0.1, -0.05) is 43.6 Å². The number of ether oxygens (including phenoxy) is 3. The third kappa shape index (κ3) is 5.14. The van der Waals surface area contributed by atoms with E-state index in [9.17, 15) is 9.59 Å². The Labute approximate surface area is 217 Å². The molecule has 0 aromatic heterocycles. The fraction of sp³-hybridized carbons (Fsp3) is 0.379. The van der Waals surface area contributed by atoms with E-state index in [1.807, 2.05) is 37.3 Å². The van der Waals surface area contributed by atoms with Crippen LogP contribution in [-0.2, 0) is 20.9 Å². The summed E-state index contributed by atoms with van der Waals surface area (Å²) < 4.78 is 17.0. The Morgan fingerprint density at radius 3 is 2.58 bits per heavy atom. The van der Waals surface area contributed by atoms with Gasteiger partial charge in [-0.05, 0) is 55.5 Å². The molecule has 0 saturated heterocycles. The van der Waals surface area contributed by atoms with Crippen molar-refractivity contribution in [3.05, 3.63) is 81.2 Å². The van der Waals surface area contributed by atoms with Crippen molar-refractivity contribution in [2.45, 2.75) is 53.1 Å². The molecule has 7 heteroatoms. The van der Waals surface area contributed by atoms with Crippen LogP contribution in [-0.4, -0.2) is 25.5 Å². The van der Waals surface area contributed by atoms with E-state index in [1.54, 1.807) is 26.2 Å². The van der Waals surface area contributed by atoms with E-state index < -0.39 is 11.9 Å². The summed E-state index contributed by atoms with van der Waals surface area (Å²) in [5.41, 5.74) is 4.07. The second-order valence-corrected chi connectivity index (χ2v) is 10.3. The number of Topliss-reactive ketones (excluding diaryl/α,β-unsaturated/α-hetero) is 1. The zero-order valence-electron chi connectivity index (χ0n) is 21.4. The van der Waals surface area contributed by atoms with Gasteiger partial charge in [0.25, 0.3) is 0 Å². The molecule has 36 heavy (non-hydrogen) atoms. The summed E-state index contributed by atoms with van der Waals surface area (Å²) >= 11 is 6.27. The van der Waals surface area contributed by atoms with Crippen LogP contribution in [0.4, 0.5) is 0 Å². The molecule has 2 aromatic carbocycles. The molecule has 0 amide bonds. The molecule has 1 aliphatic carbocycles. The number of hydrogen-bond donors (Lipinski definition) is 1. The van der Waals surface area contributed by atoms with E-state index in [4.69, 9.17) is 25.8 Å². The van der Waals surface area contributed by atoms with Gasteiger partial charge >= 0.3 is 5.97 Å². The topological polar surface area (TPSA) is 73.9 Å². The standard InChI is InChI=1S/C29H32ClNO5/c1-6-35-28(33)25-17(2)31-21-14-29(3,4)15-22(32)27(21)26(25)18-11-12-23(34-5)19(13-18)16-36-24-10-8-7-9-20(24)30/h7-13,26,31H,6,14-16H2,1-5H3. The monoisotopic (exact) mass is 509 g/mol. The average molecular weight is 510 g/mol. The number of nitrogens with one attached hydrogen (secondary N) is 1. The number of rotatable bonds is 7. The largest absolute Gasteiger partial charge is 0.496 e. The Bertz CT molecular complexity index is 1260. The summed E-state index contributed by atoms with van der Waals surface area (Å²) in [4.78, 5) is 26.6. The predicted octanol–water partition coefficient (Wildman–Crippen LogP) is 6.09. The predicted molar refractivity (Wildman–Crippen MR) is 139 cm³/mol. The van der Waals surface area contributed by atoms with E-state index in [0.29, 0.717) is 39.8 Å². The summed E-state index contributed by atoms with van der Waals surface area (Å²) in [6, 6.07) is 12.9. The van der Waals surface area contributed by atoms with Gasteiger partial charge in [-0.25, -0.2) is 4.79 Å². The van der Waals surface area contributed by atoms with Crippen LogP contribution in [0.15, 0.2) is 65.0 Å². The maximum absolute atomic E-state index is 13.5. The summed E-state index contributed by atoms with van der Waals surface area (Å²) in [6.45, 7) is 8.26. The molecule has 1 atom stereocenters. The van der Waals surface area contributed by atoms with Crippen LogP contribution in [0.3, 0.4) is 0 Å². The number of halogens is 1. The van der Waals surface area contributed by atoms with E-state index in [-0.39, 0.29) is 24.4 Å². The number of ketones is 1. The number of carbonyl (C=O) groups is 2. The van der Waals surface area contributed by atoms with Crippen LogP contribution in [0, 0.1) is 5.41 Å². The van der Waals surface area contributed by atoms with Gasteiger partial charge in [0.2, 0.25) is 0 Å². The Morgan fingerprint density at radius 2 is 1.89 bits per heavy atom. The number of methoxy groups -OCH3 is 1. The lowest BCUT2D eigenvalue weighted by Gasteiger charge is -2.39. The minimum Gasteiger partial charge on any atom is -0.496 e. The number of allylic oxidation sites excluding steroid dienone is 3. The highest BCUT2D eigenvalue weighted by Crippen LogP contribution is 2.47. The first-order valence-corrected chi connectivity index (χ1v) is 12.5. The molecule has 1 heterocycles. The molecule has 1 aliphatic heterocycles. The van der Waals surface area contributed by atoms with Gasteiger partial charge in [0.15, 0.2) is 5.78 Å². The maximum Gasteiger partial charge on any atom is 0.336 e. The van der Waals surface area contributed by atoms with Crippen molar-refractivity contribution in [1.82, 2.24) is 5.32 Å². The van der Waals surface area contributed by atoms with Crippen LogP contribution < -0.4 is 14.8 Å². The van der Waals surface area contributed by atoms with Crippen molar-refractivity contribution >= 4 is 23.4 Å². The van der Waals surface area contributed by atoms with Crippen LogP contribution in [0.25, 0.3) is 0 Å². The van der Waals surface area contributed by atoms with Crippen LogP contribution >= 0.6 is 11.6 Å². The lowest BCUT2D eigenvalue weighted by atomic mass is 9.68. The molecule has 0 saturated carbocycles. The second-order valence-electron chi connectivity index (χ2n) is 9.94. The SMILES string of the molecule is CCOC(=O)C1=C(C)NC2=C(C(=O)CC(C)(C)C2)C1c1ccc(OC)c(COc2ccccc2Cl)c1. The highest BCUT2D eigenvalue weighted by molar-refractivity contribution is 6.32. The Kier molecular flexibility index (Phi) is 7.46. The van der Waals surface area contributed by atoms with Crippen molar-refractivity contribution in [2.75, 3.05) is 13.7 Å². The molecule has 0 radical (unpaired) electrons. The zero-order chi connectivity index (χ0) is 26.0. The molecular formula is C29H32ClNO5. The molecule has 190 valence electrons. The first-order chi connectivity index (χ1) is 17.1. The van der Waals surface area contributed by atoms with Crippen molar-refractivity contribution in [3.8, 4) is 11.5 Å². The fourth-order valence-electron chi connectivity index (χ4n) is 5.06. The van der Waals surface area contributed by atoms with Crippen molar-refractivity contribution in [1.29, 1.82) is 0 Å². The molecule has 4 rings (SSSR count).